The van der Waals surface area contributed by atoms with Crippen molar-refractivity contribution in [3.05, 3.63) is 48.0 Å². The van der Waals surface area contributed by atoms with Crippen LogP contribution < -0.4 is 5.32 Å². The zero-order valence-electron chi connectivity index (χ0n) is 9.48. The average molecular weight is 233 g/mol. The molecule has 1 rings (SSSR count). The number of amides is 1. The van der Waals surface area contributed by atoms with E-state index in [2.05, 4.69) is 11.9 Å². The number of hydrogen-bond acceptors (Lipinski definition) is 2. The first-order valence-electron chi connectivity index (χ1n) is 5.35. The third-order valence-electron chi connectivity index (χ3n) is 2.28. The van der Waals surface area contributed by atoms with Crippen LogP contribution in [0.1, 0.15) is 23.2 Å². The summed E-state index contributed by atoms with van der Waals surface area (Å²) in [6.45, 7) is 3.86. The highest BCUT2D eigenvalue weighted by molar-refractivity contribution is 5.94. The van der Waals surface area contributed by atoms with Crippen molar-refractivity contribution in [1.82, 2.24) is 5.32 Å². The number of carboxylic acid groups (broad SMARTS) is 1. The highest BCUT2D eigenvalue weighted by Gasteiger charge is 2.05. The molecule has 0 aliphatic heterocycles. The summed E-state index contributed by atoms with van der Waals surface area (Å²) in [4.78, 5) is 22.0. The molecule has 0 radical (unpaired) electrons. The average Bonchev–Trinajstić information content (AvgIpc) is 2.35. The molecular weight excluding hydrogens is 218 g/mol. The Kier molecular flexibility index (Phi) is 4.94. The maximum Gasteiger partial charge on any atom is 0.330 e. The molecule has 17 heavy (non-hydrogen) atoms. The van der Waals surface area contributed by atoms with Gasteiger partial charge >= 0.3 is 5.97 Å². The second-order valence-electron chi connectivity index (χ2n) is 3.63. The minimum atomic E-state index is -0.987. The van der Waals surface area contributed by atoms with Gasteiger partial charge in [-0.15, -0.1) is 0 Å². The van der Waals surface area contributed by atoms with Crippen LogP contribution in [0.5, 0.6) is 0 Å². The molecule has 0 spiro atoms. The van der Waals surface area contributed by atoms with Crippen molar-refractivity contribution in [2.24, 2.45) is 0 Å². The highest BCUT2D eigenvalue weighted by Crippen LogP contribution is 2.02. The maximum absolute atomic E-state index is 11.6. The number of aliphatic carboxylic acids is 1. The van der Waals surface area contributed by atoms with Gasteiger partial charge in [-0.05, 0) is 25.0 Å². The molecule has 1 aromatic carbocycles. The van der Waals surface area contributed by atoms with Gasteiger partial charge in [0.15, 0.2) is 0 Å². The Morgan fingerprint density at radius 3 is 2.47 bits per heavy atom. The zero-order chi connectivity index (χ0) is 12.7. The van der Waals surface area contributed by atoms with E-state index >= 15 is 0 Å². The van der Waals surface area contributed by atoms with Crippen LogP contribution in [-0.2, 0) is 4.79 Å². The minimum Gasteiger partial charge on any atom is -0.478 e. The normalized spacial score (nSPS) is 9.65. The van der Waals surface area contributed by atoms with E-state index in [-0.39, 0.29) is 11.5 Å². The maximum atomic E-state index is 11.6. The third kappa shape index (κ3) is 4.51. The van der Waals surface area contributed by atoms with Crippen LogP contribution in [0, 0.1) is 0 Å². The fourth-order valence-electron chi connectivity index (χ4n) is 1.30. The fourth-order valence-corrected chi connectivity index (χ4v) is 1.30. The summed E-state index contributed by atoms with van der Waals surface area (Å²) in [7, 11) is 0. The van der Waals surface area contributed by atoms with E-state index < -0.39 is 5.97 Å². The lowest BCUT2D eigenvalue weighted by atomic mass is 10.1. The van der Waals surface area contributed by atoms with E-state index in [1.54, 1.807) is 24.3 Å². The predicted molar refractivity (Wildman–Crippen MR) is 64.8 cm³/mol. The third-order valence-corrected chi connectivity index (χ3v) is 2.28. The molecule has 0 saturated carbocycles. The molecule has 4 heteroatoms. The molecule has 4 nitrogen and oxygen atoms in total. The van der Waals surface area contributed by atoms with Gasteiger partial charge in [-0.3, -0.25) is 4.79 Å². The SMILES string of the molecule is C=C(CCCNC(=O)c1ccccc1)C(=O)O. The number of nitrogens with one attached hydrogen (secondary N) is 1. The van der Waals surface area contributed by atoms with E-state index in [0.29, 0.717) is 24.9 Å². The minimum absolute atomic E-state index is 0.147. The summed E-state index contributed by atoms with van der Waals surface area (Å²) in [5.41, 5.74) is 0.767. The van der Waals surface area contributed by atoms with Crippen LogP contribution in [0.4, 0.5) is 0 Å². The molecule has 0 bridgehead atoms. The van der Waals surface area contributed by atoms with E-state index in [1.807, 2.05) is 6.07 Å². The van der Waals surface area contributed by atoms with Crippen molar-refractivity contribution in [1.29, 1.82) is 0 Å². The quantitative estimate of drug-likeness (QED) is 0.582. The van der Waals surface area contributed by atoms with Crippen LogP contribution in [0.3, 0.4) is 0 Å². The first-order chi connectivity index (χ1) is 8.11. The molecule has 0 unspecified atom stereocenters. The molecule has 0 aliphatic rings. The number of hydrogen-bond donors (Lipinski definition) is 2. The van der Waals surface area contributed by atoms with E-state index in [0.717, 1.165) is 0 Å². The summed E-state index contributed by atoms with van der Waals surface area (Å²) in [6, 6.07) is 8.88. The highest BCUT2D eigenvalue weighted by atomic mass is 16.4. The summed E-state index contributed by atoms with van der Waals surface area (Å²) in [6.07, 6.45) is 0.952. The van der Waals surface area contributed by atoms with Crippen molar-refractivity contribution >= 4 is 11.9 Å². The lowest BCUT2D eigenvalue weighted by Gasteiger charge is -2.04. The zero-order valence-corrected chi connectivity index (χ0v) is 9.48. The molecule has 1 aromatic rings. The topological polar surface area (TPSA) is 66.4 Å². The number of benzene rings is 1. The van der Waals surface area contributed by atoms with Gasteiger partial charge in [0.1, 0.15) is 0 Å². The van der Waals surface area contributed by atoms with Crippen molar-refractivity contribution in [2.45, 2.75) is 12.8 Å². The van der Waals surface area contributed by atoms with Gasteiger partial charge in [0, 0.05) is 17.7 Å². The molecule has 0 aliphatic carbocycles. The first kappa shape index (κ1) is 13.0. The Bertz CT molecular complexity index is 412. The largest absolute Gasteiger partial charge is 0.478 e. The summed E-state index contributed by atoms with van der Waals surface area (Å²) < 4.78 is 0. The Morgan fingerprint density at radius 1 is 1.24 bits per heavy atom. The van der Waals surface area contributed by atoms with E-state index in [9.17, 15) is 9.59 Å². The van der Waals surface area contributed by atoms with Crippen LogP contribution in [0.15, 0.2) is 42.5 Å². The van der Waals surface area contributed by atoms with Crippen LogP contribution in [-0.4, -0.2) is 23.5 Å². The Balaban J connectivity index is 2.26. The van der Waals surface area contributed by atoms with Crippen molar-refractivity contribution in [3.63, 3.8) is 0 Å². The molecule has 90 valence electrons. The van der Waals surface area contributed by atoms with E-state index in [4.69, 9.17) is 5.11 Å². The molecule has 0 heterocycles. The molecule has 0 saturated heterocycles. The second kappa shape index (κ2) is 6.48. The molecule has 1 amide bonds. The molecule has 0 atom stereocenters. The Morgan fingerprint density at radius 2 is 1.88 bits per heavy atom. The predicted octanol–water partition coefficient (Wildman–Crippen LogP) is 1.84. The molecule has 0 fully saturated rings. The molecule has 2 N–H and O–H groups in total. The second-order valence-corrected chi connectivity index (χ2v) is 3.63. The lowest BCUT2D eigenvalue weighted by Crippen LogP contribution is -2.24. The Hall–Kier alpha value is -2.10. The number of rotatable bonds is 6. The summed E-state index contributed by atoms with van der Waals surface area (Å²) in [5, 5.41) is 11.3. The standard InChI is InChI=1S/C13H15NO3/c1-10(13(16)17)6-5-9-14-12(15)11-7-3-2-4-8-11/h2-4,7-8H,1,5-6,9H2,(H,14,15)(H,16,17). The van der Waals surface area contributed by atoms with Gasteiger partial charge in [0.2, 0.25) is 0 Å². The van der Waals surface area contributed by atoms with Gasteiger partial charge < -0.3 is 10.4 Å². The number of carbonyl (C=O) groups excluding carboxylic acids is 1. The van der Waals surface area contributed by atoms with Gasteiger partial charge in [0.25, 0.3) is 5.91 Å². The lowest BCUT2D eigenvalue weighted by molar-refractivity contribution is -0.132. The van der Waals surface area contributed by atoms with Crippen molar-refractivity contribution in [2.75, 3.05) is 6.54 Å². The summed E-state index contributed by atoms with van der Waals surface area (Å²) in [5.74, 6) is -1.13. The molecule has 0 aromatic heterocycles. The number of carbonyl (C=O) groups is 2. The van der Waals surface area contributed by atoms with Crippen molar-refractivity contribution < 1.29 is 14.7 Å². The number of carboxylic acids is 1. The molecular formula is C13H15NO3. The monoisotopic (exact) mass is 233 g/mol. The van der Waals surface area contributed by atoms with Crippen molar-refractivity contribution in [3.8, 4) is 0 Å². The van der Waals surface area contributed by atoms with Gasteiger partial charge in [-0.25, -0.2) is 4.79 Å². The van der Waals surface area contributed by atoms with Crippen LogP contribution >= 0.6 is 0 Å². The Labute approximate surface area is 100.0 Å². The van der Waals surface area contributed by atoms with Crippen LogP contribution in [0.2, 0.25) is 0 Å². The fraction of sp³-hybridized carbons (Fsp3) is 0.231. The van der Waals surface area contributed by atoms with Gasteiger partial charge in [-0.2, -0.15) is 0 Å². The van der Waals surface area contributed by atoms with Gasteiger partial charge in [0.05, 0.1) is 0 Å². The summed E-state index contributed by atoms with van der Waals surface area (Å²) >= 11 is 0. The van der Waals surface area contributed by atoms with Gasteiger partial charge in [-0.1, -0.05) is 24.8 Å². The van der Waals surface area contributed by atoms with Crippen LogP contribution in [0.25, 0.3) is 0 Å². The van der Waals surface area contributed by atoms with E-state index in [1.165, 1.54) is 0 Å². The first-order valence-corrected chi connectivity index (χ1v) is 5.35. The smallest absolute Gasteiger partial charge is 0.330 e.